The predicted octanol–water partition coefficient (Wildman–Crippen LogP) is 5.24. The zero-order chi connectivity index (χ0) is 19.5. The van der Waals surface area contributed by atoms with Gasteiger partial charge in [0.05, 0.1) is 0 Å². The lowest BCUT2D eigenvalue weighted by molar-refractivity contribution is 0.381. The zero-order valence-electron chi connectivity index (χ0n) is 14.6. The van der Waals surface area contributed by atoms with E-state index in [4.69, 9.17) is 23.4 Å². The van der Waals surface area contributed by atoms with E-state index in [1.165, 1.54) is 0 Å². The first kappa shape index (κ1) is 20.9. The molecule has 27 heavy (non-hydrogen) atoms. The summed E-state index contributed by atoms with van der Waals surface area (Å²) in [6.45, 7) is 0.854. The Morgan fingerprint density at radius 2 is 0.852 bits per heavy atom. The molecule has 0 saturated heterocycles. The van der Waals surface area contributed by atoms with Crippen molar-refractivity contribution in [2.24, 2.45) is 0 Å². The molecule has 0 bridgehead atoms. The molecule has 3 rings (SSSR count). The average Bonchev–Trinajstić information content (AvgIpc) is 2.63. The molecule has 0 radical (unpaired) electrons. The summed E-state index contributed by atoms with van der Waals surface area (Å²) >= 11 is 0. The van der Waals surface area contributed by atoms with Crippen molar-refractivity contribution >= 4 is 16.2 Å². The molecule has 0 atom stereocenters. The van der Waals surface area contributed by atoms with E-state index in [9.17, 15) is 4.57 Å². The molecule has 3 aromatic carbocycles. The van der Waals surface area contributed by atoms with Crippen molar-refractivity contribution in [1.29, 1.82) is 0 Å². The molecule has 0 unspecified atom stereocenters. The average molecular weight is 406 g/mol. The highest BCUT2D eigenvalue weighted by Gasteiger charge is 2.19. The van der Waals surface area contributed by atoms with Crippen LogP contribution in [0.5, 0.6) is 17.2 Å². The molecule has 142 valence electrons. The Labute approximate surface area is 159 Å². The molecule has 0 heterocycles. The van der Waals surface area contributed by atoms with Gasteiger partial charge in [-0.25, -0.2) is 0 Å². The molecule has 0 aliphatic carbocycles. The van der Waals surface area contributed by atoms with Crippen molar-refractivity contribution < 1.29 is 27.9 Å². The Morgan fingerprint density at radius 3 is 1.07 bits per heavy atom. The van der Waals surface area contributed by atoms with Crippen LogP contribution in [0.2, 0.25) is 0 Å². The van der Waals surface area contributed by atoms with Crippen molar-refractivity contribution in [2.45, 2.75) is 0 Å². The normalized spacial score (nSPS) is 10.5. The number of rotatable bonds is 6. The highest BCUT2D eigenvalue weighted by molar-refractivity contribution is 7.50. The van der Waals surface area contributed by atoms with E-state index in [0.29, 0.717) is 17.2 Å². The third kappa shape index (κ3) is 9.78. The maximum absolute atomic E-state index is 9.33. The van der Waals surface area contributed by atoms with Crippen molar-refractivity contribution in [3.05, 3.63) is 91.0 Å². The molecule has 0 aromatic heterocycles. The minimum atomic E-state index is -3.64. The first-order valence-corrected chi connectivity index (χ1v) is 11.1. The highest BCUT2D eigenvalue weighted by atomic mass is 31.2. The van der Waals surface area contributed by atoms with E-state index in [0.717, 1.165) is 6.66 Å². The van der Waals surface area contributed by atoms with Crippen LogP contribution in [0.4, 0.5) is 0 Å². The summed E-state index contributed by atoms with van der Waals surface area (Å²) in [5.41, 5.74) is 0. The Balaban J connectivity index is 0.000000465. The van der Waals surface area contributed by atoms with Gasteiger partial charge in [-0.1, -0.05) is 54.6 Å². The standard InChI is InChI=1S/C18H15O3P.CH5O3P/c1-4-10-16(11-5-1)19-22(20-17-12-6-2-7-13-17)21-18-14-8-3-9-15-18;1-5(2,3)4/h1-15H;1H3,(H2,2,3,4). The van der Waals surface area contributed by atoms with Crippen molar-refractivity contribution in [3.8, 4) is 17.2 Å². The maximum atomic E-state index is 9.33. The van der Waals surface area contributed by atoms with Crippen molar-refractivity contribution in [3.63, 3.8) is 0 Å². The fourth-order valence-electron chi connectivity index (χ4n) is 1.76. The van der Waals surface area contributed by atoms with Crippen molar-refractivity contribution in [1.82, 2.24) is 0 Å². The van der Waals surface area contributed by atoms with Crippen LogP contribution < -0.4 is 13.6 Å². The molecule has 3 aromatic rings. The Bertz CT molecular complexity index is 718. The maximum Gasteiger partial charge on any atom is 0.530 e. The van der Waals surface area contributed by atoms with Crippen LogP contribution in [0.3, 0.4) is 0 Å². The van der Waals surface area contributed by atoms with Gasteiger partial charge in [-0.3, -0.25) is 4.57 Å². The van der Waals surface area contributed by atoms with E-state index in [1.54, 1.807) is 0 Å². The SMILES string of the molecule is CP(=O)(O)O.c1ccc(OP(Oc2ccccc2)Oc2ccccc2)cc1. The molecule has 0 saturated carbocycles. The van der Waals surface area contributed by atoms with Crippen molar-refractivity contribution in [2.75, 3.05) is 6.66 Å². The van der Waals surface area contributed by atoms with E-state index in [2.05, 4.69) is 0 Å². The lowest BCUT2D eigenvalue weighted by Crippen LogP contribution is -2.02. The molecule has 0 amide bonds. The van der Waals surface area contributed by atoms with Gasteiger partial charge in [-0.2, -0.15) is 0 Å². The van der Waals surface area contributed by atoms with E-state index < -0.39 is 16.2 Å². The van der Waals surface area contributed by atoms with Gasteiger partial charge in [0.1, 0.15) is 17.2 Å². The molecular formula is C19H20O6P2. The summed E-state index contributed by atoms with van der Waals surface area (Å²) < 4.78 is 26.9. The van der Waals surface area contributed by atoms with Gasteiger partial charge in [0.15, 0.2) is 0 Å². The third-order valence-corrected chi connectivity index (χ3v) is 3.85. The van der Waals surface area contributed by atoms with Crippen LogP contribution in [0, 0.1) is 0 Å². The Hall–Kier alpha value is -2.36. The highest BCUT2D eigenvalue weighted by Crippen LogP contribution is 2.41. The molecule has 0 spiro atoms. The second-order valence-corrected chi connectivity index (χ2v) is 7.94. The molecule has 8 heteroatoms. The largest absolute Gasteiger partial charge is 0.530 e. The number of hydrogen-bond donors (Lipinski definition) is 2. The minimum absolute atomic E-state index is 0.709. The lowest BCUT2D eigenvalue weighted by atomic mass is 10.3. The summed E-state index contributed by atoms with van der Waals surface area (Å²) in [7, 11) is -5.23. The van der Waals surface area contributed by atoms with Gasteiger partial charge >= 0.3 is 16.2 Å². The second-order valence-electron chi connectivity index (χ2n) is 5.27. The topological polar surface area (TPSA) is 85.2 Å². The summed E-state index contributed by atoms with van der Waals surface area (Å²) in [5, 5.41) is 0. The fourth-order valence-corrected chi connectivity index (χ4v) is 2.75. The van der Waals surface area contributed by atoms with Gasteiger partial charge in [-0.15, -0.1) is 0 Å². The number of benzene rings is 3. The second kappa shape index (κ2) is 10.7. The van der Waals surface area contributed by atoms with Gasteiger partial charge < -0.3 is 23.4 Å². The molecule has 0 fully saturated rings. The monoisotopic (exact) mass is 406 g/mol. The Kier molecular flexibility index (Phi) is 8.31. The first-order chi connectivity index (χ1) is 12.9. The lowest BCUT2D eigenvalue weighted by Gasteiger charge is -2.17. The smallest absolute Gasteiger partial charge is 0.409 e. The van der Waals surface area contributed by atoms with Crippen LogP contribution >= 0.6 is 16.2 Å². The van der Waals surface area contributed by atoms with Gasteiger partial charge in [-0.05, 0) is 36.4 Å². The first-order valence-electron chi connectivity index (χ1n) is 7.92. The fraction of sp³-hybridized carbons (Fsp3) is 0.0526. The molecular weight excluding hydrogens is 386 g/mol. The summed E-state index contributed by atoms with van der Waals surface area (Å²) in [5.74, 6) is 2.13. The van der Waals surface area contributed by atoms with Gasteiger partial charge in [0.25, 0.3) is 0 Å². The van der Waals surface area contributed by atoms with Crippen LogP contribution in [0.25, 0.3) is 0 Å². The van der Waals surface area contributed by atoms with E-state index in [1.807, 2.05) is 91.0 Å². The number of hydrogen-bond acceptors (Lipinski definition) is 4. The molecule has 2 N–H and O–H groups in total. The zero-order valence-corrected chi connectivity index (χ0v) is 16.4. The predicted molar refractivity (Wildman–Crippen MR) is 106 cm³/mol. The van der Waals surface area contributed by atoms with Crippen LogP contribution in [0.15, 0.2) is 91.0 Å². The van der Waals surface area contributed by atoms with Gasteiger partial charge in [0, 0.05) is 6.66 Å². The summed E-state index contributed by atoms with van der Waals surface area (Å²) in [6.07, 6.45) is 0. The van der Waals surface area contributed by atoms with Crippen LogP contribution in [0.1, 0.15) is 0 Å². The van der Waals surface area contributed by atoms with Crippen LogP contribution in [-0.2, 0) is 4.57 Å². The van der Waals surface area contributed by atoms with Crippen LogP contribution in [-0.4, -0.2) is 16.5 Å². The van der Waals surface area contributed by atoms with E-state index >= 15 is 0 Å². The Morgan fingerprint density at radius 1 is 0.630 bits per heavy atom. The molecule has 0 aliphatic heterocycles. The summed E-state index contributed by atoms with van der Waals surface area (Å²) in [6, 6.07) is 28.5. The number of para-hydroxylation sites is 3. The molecule has 6 nitrogen and oxygen atoms in total. The molecule has 0 aliphatic rings. The van der Waals surface area contributed by atoms with E-state index in [-0.39, 0.29) is 0 Å². The quantitative estimate of drug-likeness (QED) is 0.545. The van der Waals surface area contributed by atoms with Gasteiger partial charge in [0.2, 0.25) is 0 Å². The third-order valence-electron chi connectivity index (χ3n) is 2.77. The minimum Gasteiger partial charge on any atom is -0.409 e. The summed E-state index contributed by atoms with van der Waals surface area (Å²) in [4.78, 5) is 15.3.